The molecule has 0 saturated carbocycles. The van der Waals surface area contributed by atoms with Crippen molar-refractivity contribution in [3.8, 4) is 5.75 Å². The van der Waals surface area contributed by atoms with Crippen LogP contribution < -0.4 is 10.5 Å². The highest BCUT2D eigenvalue weighted by Crippen LogP contribution is 2.39. The fourth-order valence-corrected chi connectivity index (χ4v) is 3.82. The molecule has 2 unspecified atom stereocenters. The number of hydrogen-bond acceptors (Lipinski definition) is 3. The van der Waals surface area contributed by atoms with Gasteiger partial charge in [-0.3, -0.25) is 0 Å². The van der Waals surface area contributed by atoms with Crippen molar-refractivity contribution in [3.05, 3.63) is 29.3 Å². The first-order valence-electron chi connectivity index (χ1n) is 8.90. The molecule has 0 spiro atoms. The topological polar surface area (TPSA) is 38.5 Å². The Morgan fingerprint density at radius 3 is 2.59 bits per heavy atom. The molecule has 1 saturated heterocycles. The van der Waals surface area contributed by atoms with Gasteiger partial charge in [0, 0.05) is 24.1 Å². The van der Waals surface area contributed by atoms with Crippen LogP contribution in [0.1, 0.15) is 62.6 Å². The van der Waals surface area contributed by atoms with Gasteiger partial charge in [0.25, 0.3) is 0 Å². The Morgan fingerprint density at radius 1 is 1.18 bits per heavy atom. The zero-order valence-electron chi connectivity index (χ0n) is 14.1. The highest BCUT2D eigenvalue weighted by atomic mass is 16.5. The largest absolute Gasteiger partial charge is 0.493 e. The number of rotatable bonds is 3. The SMILES string of the molecule is CC(C)c1cccc2c1OCC(CN1CCCCCC1)C2N. The van der Waals surface area contributed by atoms with E-state index in [0.717, 1.165) is 18.9 Å². The summed E-state index contributed by atoms with van der Waals surface area (Å²) in [4.78, 5) is 2.60. The number of ether oxygens (including phenoxy) is 1. The molecule has 122 valence electrons. The number of benzene rings is 1. The molecule has 1 aromatic rings. The number of para-hydroxylation sites is 1. The summed E-state index contributed by atoms with van der Waals surface area (Å²) in [7, 11) is 0. The van der Waals surface area contributed by atoms with Crippen molar-refractivity contribution in [2.24, 2.45) is 11.7 Å². The molecule has 0 bridgehead atoms. The number of nitrogens with zero attached hydrogens (tertiary/aromatic N) is 1. The van der Waals surface area contributed by atoms with Gasteiger partial charge in [-0.15, -0.1) is 0 Å². The summed E-state index contributed by atoms with van der Waals surface area (Å²) < 4.78 is 6.17. The van der Waals surface area contributed by atoms with Crippen molar-refractivity contribution in [1.82, 2.24) is 4.90 Å². The minimum atomic E-state index is 0.103. The highest BCUT2D eigenvalue weighted by molar-refractivity contribution is 5.46. The van der Waals surface area contributed by atoms with E-state index in [-0.39, 0.29) is 6.04 Å². The molecule has 2 N–H and O–H groups in total. The van der Waals surface area contributed by atoms with Crippen molar-refractivity contribution >= 4 is 0 Å². The van der Waals surface area contributed by atoms with Crippen LogP contribution in [0.5, 0.6) is 5.75 Å². The summed E-state index contributed by atoms with van der Waals surface area (Å²) in [5.41, 5.74) is 9.11. The number of hydrogen-bond donors (Lipinski definition) is 1. The molecule has 0 radical (unpaired) electrons. The third-order valence-electron chi connectivity index (χ3n) is 5.20. The van der Waals surface area contributed by atoms with E-state index in [0.29, 0.717) is 11.8 Å². The van der Waals surface area contributed by atoms with Gasteiger partial charge in [0.2, 0.25) is 0 Å². The molecule has 2 aliphatic rings. The molecule has 0 aliphatic carbocycles. The Kier molecular flexibility index (Phi) is 5.04. The summed E-state index contributed by atoms with van der Waals surface area (Å²) in [6, 6.07) is 6.56. The molecule has 22 heavy (non-hydrogen) atoms. The van der Waals surface area contributed by atoms with Gasteiger partial charge < -0.3 is 15.4 Å². The summed E-state index contributed by atoms with van der Waals surface area (Å²) in [6.07, 6.45) is 5.42. The predicted molar refractivity (Wildman–Crippen MR) is 91.4 cm³/mol. The average molecular weight is 302 g/mol. The summed E-state index contributed by atoms with van der Waals surface area (Å²) in [5, 5.41) is 0. The van der Waals surface area contributed by atoms with Crippen LogP contribution in [0.2, 0.25) is 0 Å². The van der Waals surface area contributed by atoms with Crippen molar-refractivity contribution in [2.75, 3.05) is 26.2 Å². The van der Waals surface area contributed by atoms with E-state index >= 15 is 0 Å². The second-order valence-corrected chi connectivity index (χ2v) is 7.23. The quantitative estimate of drug-likeness (QED) is 0.925. The Labute approximate surface area is 134 Å². The molecular weight excluding hydrogens is 272 g/mol. The predicted octanol–water partition coefficient (Wildman–Crippen LogP) is 3.69. The van der Waals surface area contributed by atoms with Crippen LogP contribution in [0.15, 0.2) is 18.2 Å². The van der Waals surface area contributed by atoms with E-state index in [4.69, 9.17) is 10.5 Å². The Hall–Kier alpha value is -1.06. The molecule has 0 amide bonds. The molecule has 2 atom stereocenters. The van der Waals surface area contributed by atoms with Crippen LogP contribution in [0.4, 0.5) is 0 Å². The minimum absolute atomic E-state index is 0.103. The Balaban J connectivity index is 1.73. The zero-order valence-corrected chi connectivity index (χ0v) is 14.1. The van der Waals surface area contributed by atoms with E-state index in [1.807, 2.05) is 0 Å². The lowest BCUT2D eigenvalue weighted by molar-refractivity contribution is 0.139. The Bertz CT molecular complexity index is 492. The lowest BCUT2D eigenvalue weighted by Gasteiger charge is -2.36. The van der Waals surface area contributed by atoms with Gasteiger partial charge in [-0.25, -0.2) is 0 Å². The van der Waals surface area contributed by atoms with Gasteiger partial charge in [-0.2, -0.15) is 0 Å². The molecule has 2 heterocycles. The van der Waals surface area contributed by atoms with E-state index in [9.17, 15) is 0 Å². The van der Waals surface area contributed by atoms with Crippen molar-refractivity contribution in [3.63, 3.8) is 0 Å². The van der Waals surface area contributed by atoms with Gasteiger partial charge in [-0.1, -0.05) is 44.9 Å². The van der Waals surface area contributed by atoms with Gasteiger partial charge in [0.1, 0.15) is 5.75 Å². The highest BCUT2D eigenvalue weighted by Gasteiger charge is 2.31. The third kappa shape index (κ3) is 3.31. The summed E-state index contributed by atoms with van der Waals surface area (Å²) in [5.74, 6) is 1.94. The van der Waals surface area contributed by atoms with E-state index in [1.54, 1.807) is 0 Å². The fraction of sp³-hybridized carbons (Fsp3) is 0.684. The smallest absolute Gasteiger partial charge is 0.127 e. The first-order chi connectivity index (χ1) is 10.7. The molecule has 3 heteroatoms. The molecular formula is C19H30N2O. The van der Waals surface area contributed by atoms with Crippen molar-refractivity contribution < 1.29 is 4.74 Å². The zero-order chi connectivity index (χ0) is 15.5. The minimum Gasteiger partial charge on any atom is -0.493 e. The van der Waals surface area contributed by atoms with Crippen LogP contribution in [0.3, 0.4) is 0 Å². The average Bonchev–Trinajstić information content (AvgIpc) is 2.78. The monoisotopic (exact) mass is 302 g/mol. The van der Waals surface area contributed by atoms with Crippen LogP contribution in [-0.2, 0) is 0 Å². The molecule has 1 fully saturated rings. The molecule has 3 rings (SSSR count). The van der Waals surface area contributed by atoms with Crippen molar-refractivity contribution in [2.45, 2.75) is 51.5 Å². The summed E-state index contributed by atoms with van der Waals surface area (Å²) in [6.45, 7) is 8.72. The van der Waals surface area contributed by atoms with Gasteiger partial charge in [-0.05, 0) is 37.4 Å². The lowest BCUT2D eigenvalue weighted by Crippen LogP contribution is -2.41. The number of likely N-dealkylation sites (tertiary alicyclic amines) is 1. The van der Waals surface area contributed by atoms with E-state index < -0.39 is 0 Å². The van der Waals surface area contributed by atoms with Gasteiger partial charge in [0.15, 0.2) is 0 Å². The van der Waals surface area contributed by atoms with Crippen molar-refractivity contribution in [1.29, 1.82) is 0 Å². The Morgan fingerprint density at radius 2 is 1.91 bits per heavy atom. The van der Waals surface area contributed by atoms with Gasteiger partial charge in [0.05, 0.1) is 6.61 Å². The van der Waals surface area contributed by atoms with Crippen LogP contribution in [-0.4, -0.2) is 31.1 Å². The second-order valence-electron chi connectivity index (χ2n) is 7.23. The molecule has 0 aromatic heterocycles. The lowest BCUT2D eigenvalue weighted by atomic mass is 9.87. The second kappa shape index (κ2) is 7.01. The number of fused-ring (bicyclic) bond motifs is 1. The normalized spacial score (nSPS) is 26.4. The maximum atomic E-state index is 6.61. The van der Waals surface area contributed by atoms with Crippen LogP contribution in [0, 0.1) is 5.92 Å². The van der Waals surface area contributed by atoms with E-state index in [1.165, 1.54) is 49.9 Å². The maximum absolute atomic E-state index is 6.61. The van der Waals surface area contributed by atoms with Gasteiger partial charge >= 0.3 is 0 Å². The first kappa shape index (κ1) is 15.8. The maximum Gasteiger partial charge on any atom is 0.127 e. The molecule has 3 nitrogen and oxygen atoms in total. The number of nitrogens with two attached hydrogens (primary N) is 1. The molecule has 2 aliphatic heterocycles. The third-order valence-corrected chi connectivity index (χ3v) is 5.20. The van der Waals surface area contributed by atoms with E-state index in [2.05, 4.69) is 36.9 Å². The summed E-state index contributed by atoms with van der Waals surface area (Å²) >= 11 is 0. The standard InChI is InChI=1S/C19H30N2O/c1-14(2)16-8-7-9-17-18(20)15(13-22-19(16)17)12-21-10-5-3-4-6-11-21/h7-9,14-15,18H,3-6,10-13,20H2,1-2H3. The van der Waals surface area contributed by atoms with Crippen LogP contribution >= 0.6 is 0 Å². The first-order valence-corrected chi connectivity index (χ1v) is 8.90. The van der Waals surface area contributed by atoms with Crippen LogP contribution in [0.25, 0.3) is 0 Å². The fourth-order valence-electron chi connectivity index (χ4n) is 3.82. The molecule has 1 aromatic carbocycles.